The van der Waals surface area contributed by atoms with E-state index in [2.05, 4.69) is 15.4 Å². The number of anilines is 1. The van der Waals surface area contributed by atoms with Crippen molar-refractivity contribution in [1.82, 2.24) is 24.2 Å². The third kappa shape index (κ3) is 3.41. The van der Waals surface area contributed by atoms with Gasteiger partial charge in [0.1, 0.15) is 5.82 Å². The van der Waals surface area contributed by atoms with Crippen molar-refractivity contribution in [2.24, 2.45) is 14.1 Å². The number of hydrogen-bond donors (Lipinski definition) is 1. The molecule has 0 aliphatic carbocycles. The predicted molar refractivity (Wildman–Crippen MR) is 85.3 cm³/mol. The summed E-state index contributed by atoms with van der Waals surface area (Å²) in [4.78, 5) is 29.6. The van der Waals surface area contributed by atoms with Crippen molar-refractivity contribution < 1.29 is 4.79 Å². The molecular weight excluding hydrogens is 296 g/mol. The van der Waals surface area contributed by atoms with Gasteiger partial charge in [0.25, 0.3) is 5.56 Å². The van der Waals surface area contributed by atoms with Crippen molar-refractivity contribution >= 4 is 11.8 Å². The second kappa shape index (κ2) is 6.23. The van der Waals surface area contributed by atoms with Crippen molar-refractivity contribution in [3.63, 3.8) is 0 Å². The number of hydrogen-bond acceptors (Lipinski definition) is 4. The molecule has 0 aromatic carbocycles. The quantitative estimate of drug-likeness (QED) is 0.893. The van der Waals surface area contributed by atoms with Crippen LogP contribution in [0.1, 0.15) is 24.5 Å². The Balaban J connectivity index is 1.57. The summed E-state index contributed by atoms with van der Waals surface area (Å²) < 4.78 is 3.16. The number of carbonyl (C=O) groups is 1. The first kappa shape index (κ1) is 15.3. The Bertz CT molecular complexity index is 757. The van der Waals surface area contributed by atoms with Gasteiger partial charge in [0.2, 0.25) is 0 Å². The molecular formula is C15H20N6O2. The fourth-order valence-electron chi connectivity index (χ4n) is 2.75. The van der Waals surface area contributed by atoms with E-state index in [1.807, 2.05) is 19.3 Å². The Morgan fingerprint density at radius 1 is 1.30 bits per heavy atom. The van der Waals surface area contributed by atoms with Crippen molar-refractivity contribution in [1.29, 1.82) is 0 Å². The van der Waals surface area contributed by atoms with Crippen LogP contribution in [-0.4, -0.2) is 43.4 Å². The van der Waals surface area contributed by atoms with Gasteiger partial charge in [0.15, 0.2) is 0 Å². The summed E-state index contributed by atoms with van der Waals surface area (Å²) in [5, 5.41) is 7.12. The predicted octanol–water partition coefficient (Wildman–Crippen LogP) is 0.925. The summed E-state index contributed by atoms with van der Waals surface area (Å²) >= 11 is 0. The lowest BCUT2D eigenvalue weighted by molar-refractivity contribution is 0.194. The maximum atomic E-state index is 12.3. The standard InChI is InChI=1S/C15H20N6O2/c1-19-10-16-13(9-14(19)22)17-15(23)21-7-3-11(4-8-21)12-5-6-20(2)18-12/h5-6,9-11H,3-4,7-8H2,1-2H3,(H,17,23). The molecule has 1 saturated heterocycles. The molecule has 2 amide bonds. The van der Waals surface area contributed by atoms with Crippen molar-refractivity contribution in [2.75, 3.05) is 18.4 Å². The highest BCUT2D eigenvalue weighted by Crippen LogP contribution is 2.26. The van der Waals surface area contributed by atoms with Crippen LogP contribution < -0.4 is 10.9 Å². The van der Waals surface area contributed by atoms with Gasteiger partial charge in [-0.25, -0.2) is 9.78 Å². The fraction of sp³-hybridized carbons (Fsp3) is 0.467. The monoisotopic (exact) mass is 316 g/mol. The highest BCUT2D eigenvalue weighted by molar-refractivity contribution is 5.88. The van der Waals surface area contributed by atoms with Gasteiger partial charge in [-0.1, -0.05) is 0 Å². The largest absolute Gasteiger partial charge is 0.324 e. The zero-order chi connectivity index (χ0) is 16.4. The van der Waals surface area contributed by atoms with Crippen LogP contribution >= 0.6 is 0 Å². The van der Waals surface area contributed by atoms with Gasteiger partial charge in [0.05, 0.1) is 12.0 Å². The zero-order valence-electron chi connectivity index (χ0n) is 13.3. The second-order valence-corrected chi connectivity index (χ2v) is 5.83. The average Bonchev–Trinajstić information content (AvgIpc) is 2.97. The van der Waals surface area contributed by atoms with Crippen LogP contribution in [0.2, 0.25) is 0 Å². The average molecular weight is 316 g/mol. The third-order valence-corrected chi connectivity index (χ3v) is 4.15. The van der Waals surface area contributed by atoms with Crippen molar-refractivity contribution in [3.05, 3.63) is 40.7 Å². The highest BCUT2D eigenvalue weighted by Gasteiger charge is 2.25. The molecule has 0 atom stereocenters. The van der Waals surface area contributed by atoms with Crippen LogP contribution in [0.3, 0.4) is 0 Å². The number of nitrogens with one attached hydrogen (secondary N) is 1. The Morgan fingerprint density at radius 3 is 2.65 bits per heavy atom. The molecule has 2 aromatic rings. The summed E-state index contributed by atoms with van der Waals surface area (Å²) in [6.07, 6.45) is 5.10. The van der Waals surface area contributed by atoms with Crippen LogP contribution in [0.4, 0.5) is 10.6 Å². The number of likely N-dealkylation sites (tertiary alicyclic amines) is 1. The van der Waals surface area contributed by atoms with Gasteiger partial charge in [0, 0.05) is 45.4 Å². The van der Waals surface area contributed by atoms with Crippen LogP contribution in [0.15, 0.2) is 29.5 Å². The molecule has 23 heavy (non-hydrogen) atoms. The number of aryl methyl sites for hydroxylation is 2. The second-order valence-electron chi connectivity index (χ2n) is 5.83. The summed E-state index contributed by atoms with van der Waals surface area (Å²) in [7, 11) is 3.52. The van der Waals surface area contributed by atoms with Crippen LogP contribution in [0.5, 0.6) is 0 Å². The molecule has 3 heterocycles. The number of aromatic nitrogens is 4. The maximum absolute atomic E-state index is 12.3. The van der Waals surface area contributed by atoms with Gasteiger partial charge in [-0.15, -0.1) is 0 Å². The van der Waals surface area contributed by atoms with Gasteiger partial charge < -0.3 is 9.47 Å². The van der Waals surface area contributed by atoms with E-state index in [1.165, 1.54) is 17.0 Å². The molecule has 1 aliphatic heterocycles. The maximum Gasteiger partial charge on any atom is 0.323 e. The molecule has 2 aromatic heterocycles. The number of carbonyl (C=O) groups excluding carboxylic acids is 1. The topological polar surface area (TPSA) is 85.0 Å². The van der Waals surface area contributed by atoms with E-state index >= 15 is 0 Å². The van der Waals surface area contributed by atoms with Gasteiger partial charge in [-0.3, -0.25) is 14.8 Å². The van der Waals surface area contributed by atoms with E-state index in [0.29, 0.717) is 19.0 Å². The van der Waals surface area contributed by atoms with E-state index in [4.69, 9.17) is 0 Å². The van der Waals surface area contributed by atoms with Gasteiger partial charge in [-0.05, 0) is 18.9 Å². The van der Waals surface area contributed by atoms with Crippen LogP contribution in [0.25, 0.3) is 0 Å². The van der Waals surface area contributed by atoms with Crippen molar-refractivity contribution in [3.8, 4) is 0 Å². The summed E-state index contributed by atoms with van der Waals surface area (Å²) in [5.41, 5.74) is 0.880. The van der Waals surface area contributed by atoms with Gasteiger partial charge >= 0.3 is 6.03 Å². The lowest BCUT2D eigenvalue weighted by Crippen LogP contribution is -2.41. The molecule has 1 fully saturated rings. The number of amides is 2. The number of urea groups is 1. The Hall–Kier alpha value is -2.64. The molecule has 8 nitrogen and oxygen atoms in total. The Kier molecular flexibility index (Phi) is 4.14. The number of nitrogens with zero attached hydrogens (tertiary/aromatic N) is 5. The lowest BCUT2D eigenvalue weighted by atomic mass is 9.94. The van der Waals surface area contributed by atoms with E-state index in [-0.39, 0.29) is 17.4 Å². The van der Waals surface area contributed by atoms with E-state index in [9.17, 15) is 9.59 Å². The highest BCUT2D eigenvalue weighted by atomic mass is 16.2. The minimum absolute atomic E-state index is 0.204. The number of piperidine rings is 1. The molecule has 0 saturated carbocycles. The first-order chi connectivity index (χ1) is 11.0. The van der Waals surface area contributed by atoms with Crippen LogP contribution in [-0.2, 0) is 14.1 Å². The molecule has 8 heteroatoms. The van der Waals surface area contributed by atoms with Crippen molar-refractivity contribution in [2.45, 2.75) is 18.8 Å². The molecule has 0 bridgehead atoms. The molecule has 1 aliphatic rings. The smallest absolute Gasteiger partial charge is 0.323 e. The zero-order valence-corrected chi connectivity index (χ0v) is 13.3. The number of rotatable bonds is 2. The third-order valence-electron chi connectivity index (χ3n) is 4.15. The first-order valence-electron chi connectivity index (χ1n) is 7.61. The lowest BCUT2D eigenvalue weighted by Gasteiger charge is -2.31. The molecule has 1 N–H and O–H groups in total. The SMILES string of the molecule is Cn1ccc(C2CCN(C(=O)Nc3cc(=O)n(C)cn3)CC2)n1. The van der Waals surface area contributed by atoms with E-state index in [1.54, 1.807) is 16.6 Å². The van der Waals surface area contributed by atoms with E-state index in [0.717, 1.165) is 18.5 Å². The normalized spacial score (nSPS) is 15.7. The van der Waals surface area contributed by atoms with Crippen LogP contribution in [0, 0.1) is 0 Å². The fourth-order valence-corrected chi connectivity index (χ4v) is 2.75. The molecule has 0 radical (unpaired) electrons. The van der Waals surface area contributed by atoms with E-state index < -0.39 is 0 Å². The minimum atomic E-state index is -0.217. The molecule has 0 unspecified atom stereocenters. The molecule has 0 spiro atoms. The summed E-state index contributed by atoms with van der Waals surface area (Å²) in [6.45, 7) is 1.33. The molecule has 122 valence electrons. The summed E-state index contributed by atoms with van der Waals surface area (Å²) in [6, 6.07) is 3.13. The van der Waals surface area contributed by atoms with Gasteiger partial charge in [-0.2, -0.15) is 5.10 Å². The molecule has 3 rings (SSSR count). The Labute approximate surface area is 133 Å². The summed E-state index contributed by atoms with van der Waals surface area (Å²) in [5.74, 6) is 0.673. The Morgan fingerprint density at radius 2 is 2.04 bits per heavy atom. The first-order valence-corrected chi connectivity index (χ1v) is 7.61. The minimum Gasteiger partial charge on any atom is -0.324 e.